The van der Waals surface area contributed by atoms with Gasteiger partial charge in [0.05, 0.1) is 0 Å². The van der Waals surface area contributed by atoms with E-state index in [2.05, 4.69) is 28.7 Å². The number of hydrogen-bond donors (Lipinski definition) is 1. The van der Waals surface area contributed by atoms with Crippen molar-refractivity contribution in [3.05, 3.63) is 41.1 Å². The maximum absolute atomic E-state index is 11.5. The van der Waals surface area contributed by atoms with Gasteiger partial charge < -0.3 is 10.0 Å². The molecule has 1 aromatic carbocycles. The van der Waals surface area contributed by atoms with Crippen molar-refractivity contribution < 1.29 is 9.90 Å². The molecule has 0 spiro atoms. The molecule has 120 valence electrons. The van der Waals surface area contributed by atoms with Crippen molar-refractivity contribution in [2.45, 2.75) is 33.1 Å². The summed E-state index contributed by atoms with van der Waals surface area (Å²) >= 11 is 0. The number of piperidine rings is 1. The Kier molecular flexibility index (Phi) is 4.28. The minimum Gasteiger partial charge on any atom is -0.477 e. The van der Waals surface area contributed by atoms with E-state index in [1.54, 1.807) is 0 Å². The Morgan fingerprint density at radius 1 is 1.13 bits per heavy atom. The molecule has 2 heterocycles. The smallest absolute Gasteiger partial charge is 0.341 e. The molecule has 1 aromatic heterocycles. The van der Waals surface area contributed by atoms with Crippen LogP contribution in [-0.4, -0.2) is 34.1 Å². The average Bonchev–Trinajstić information content (AvgIpc) is 2.57. The summed E-state index contributed by atoms with van der Waals surface area (Å²) in [5.41, 5.74) is 3.49. The molecule has 1 fully saturated rings. The number of rotatable bonds is 3. The maximum atomic E-state index is 11.5. The second-order valence-electron chi connectivity index (χ2n) is 6.08. The maximum Gasteiger partial charge on any atom is 0.341 e. The van der Waals surface area contributed by atoms with E-state index >= 15 is 0 Å². The van der Waals surface area contributed by atoms with E-state index in [0.717, 1.165) is 31.5 Å². The number of hydrogen-bond acceptors (Lipinski definition) is 4. The van der Waals surface area contributed by atoms with E-state index < -0.39 is 5.97 Å². The van der Waals surface area contributed by atoms with Crippen LogP contribution in [0.4, 0.5) is 5.82 Å². The fraction of sp³-hybridized carbons (Fsp3) is 0.389. The summed E-state index contributed by atoms with van der Waals surface area (Å²) in [6.07, 6.45) is 4.77. The van der Waals surface area contributed by atoms with Crippen LogP contribution in [0.5, 0.6) is 0 Å². The molecular weight excluding hydrogens is 290 g/mol. The van der Waals surface area contributed by atoms with Crippen LogP contribution >= 0.6 is 0 Å². The monoisotopic (exact) mass is 311 g/mol. The summed E-state index contributed by atoms with van der Waals surface area (Å²) in [5.74, 6) is 0.149. The molecule has 0 aliphatic carbocycles. The molecule has 0 amide bonds. The SMILES string of the molecule is Cc1ccc(-c2ncc(C(=O)O)c(N3CCCCC3)n2)cc1C. The zero-order valence-corrected chi connectivity index (χ0v) is 13.5. The average molecular weight is 311 g/mol. The molecule has 1 aliphatic heterocycles. The zero-order chi connectivity index (χ0) is 16.4. The van der Waals surface area contributed by atoms with Gasteiger partial charge in [0.15, 0.2) is 5.82 Å². The first-order chi connectivity index (χ1) is 11.1. The summed E-state index contributed by atoms with van der Waals surface area (Å²) in [4.78, 5) is 22.4. The number of aromatic nitrogens is 2. The van der Waals surface area contributed by atoms with E-state index in [1.165, 1.54) is 23.7 Å². The van der Waals surface area contributed by atoms with Crippen LogP contribution < -0.4 is 4.90 Å². The Morgan fingerprint density at radius 2 is 1.87 bits per heavy atom. The number of benzene rings is 1. The number of aryl methyl sites for hydroxylation is 2. The lowest BCUT2D eigenvalue weighted by atomic mass is 10.1. The summed E-state index contributed by atoms with van der Waals surface area (Å²) in [5, 5.41) is 9.43. The van der Waals surface area contributed by atoms with Gasteiger partial charge in [0, 0.05) is 24.8 Å². The van der Waals surface area contributed by atoms with Crippen LogP contribution in [0.15, 0.2) is 24.4 Å². The minimum absolute atomic E-state index is 0.180. The first kappa shape index (κ1) is 15.5. The Bertz CT molecular complexity index is 737. The van der Waals surface area contributed by atoms with E-state index in [9.17, 15) is 9.90 Å². The number of carbonyl (C=O) groups is 1. The molecule has 0 bridgehead atoms. The molecule has 1 aliphatic rings. The van der Waals surface area contributed by atoms with E-state index in [-0.39, 0.29) is 5.56 Å². The first-order valence-corrected chi connectivity index (χ1v) is 7.99. The standard InChI is InChI=1S/C18H21N3O2/c1-12-6-7-14(10-13(12)2)16-19-11-15(18(22)23)17(20-16)21-8-4-3-5-9-21/h6-7,10-11H,3-5,8-9H2,1-2H3,(H,22,23). The lowest BCUT2D eigenvalue weighted by molar-refractivity contribution is 0.0696. The highest BCUT2D eigenvalue weighted by Crippen LogP contribution is 2.26. The van der Waals surface area contributed by atoms with Gasteiger partial charge in [0.25, 0.3) is 0 Å². The van der Waals surface area contributed by atoms with Gasteiger partial charge in [0.2, 0.25) is 0 Å². The third kappa shape index (κ3) is 3.18. The Balaban J connectivity index is 2.05. The minimum atomic E-state index is -0.975. The van der Waals surface area contributed by atoms with Crippen LogP contribution in [0.25, 0.3) is 11.4 Å². The van der Waals surface area contributed by atoms with E-state index in [4.69, 9.17) is 0 Å². The van der Waals surface area contributed by atoms with Crippen molar-refractivity contribution in [2.75, 3.05) is 18.0 Å². The van der Waals surface area contributed by atoms with Crippen LogP contribution in [0.3, 0.4) is 0 Å². The first-order valence-electron chi connectivity index (χ1n) is 7.99. The number of anilines is 1. The van der Waals surface area contributed by atoms with Gasteiger partial charge in [0.1, 0.15) is 11.4 Å². The van der Waals surface area contributed by atoms with Crippen LogP contribution in [0.1, 0.15) is 40.7 Å². The molecule has 5 nitrogen and oxygen atoms in total. The highest BCUT2D eigenvalue weighted by molar-refractivity contribution is 5.93. The molecule has 23 heavy (non-hydrogen) atoms. The van der Waals surface area contributed by atoms with Crippen LogP contribution in [0, 0.1) is 13.8 Å². The molecular formula is C18H21N3O2. The lowest BCUT2D eigenvalue weighted by Crippen LogP contribution is -2.32. The normalized spacial score (nSPS) is 14.8. The van der Waals surface area contributed by atoms with Gasteiger partial charge in [-0.15, -0.1) is 0 Å². The number of nitrogens with zero attached hydrogens (tertiary/aromatic N) is 3. The number of carboxylic acids is 1. The van der Waals surface area contributed by atoms with Crippen molar-refractivity contribution in [1.29, 1.82) is 0 Å². The fourth-order valence-corrected chi connectivity index (χ4v) is 2.89. The molecule has 5 heteroatoms. The molecule has 0 unspecified atom stereocenters. The molecule has 2 aromatic rings. The third-order valence-corrected chi connectivity index (χ3v) is 4.42. The molecule has 0 saturated carbocycles. The number of carboxylic acid groups (broad SMARTS) is 1. The molecule has 1 N–H and O–H groups in total. The van der Waals surface area contributed by atoms with Crippen molar-refractivity contribution in [3.8, 4) is 11.4 Å². The van der Waals surface area contributed by atoms with Gasteiger partial charge in [-0.2, -0.15) is 0 Å². The third-order valence-electron chi connectivity index (χ3n) is 4.42. The van der Waals surface area contributed by atoms with Crippen molar-refractivity contribution >= 4 is 11.8 Å². The summed E-state index contributed by atoms with van der Waals surface area (Å²) in [6, 6.07) is 6.07. The molecule has 1 saturated heterocycles. The predicted octanol–water partition coefficient (Wildman–Crippen LogP) is 3.45. The highest BCUT2D eigenvalue weighted by Gasteiger charge is 2.21. The Hall–Kier alpha value is -2.43. The Labute approximate surface area is 136 Å². The summed E-state index contributed by atoms with van der Waals surface area (Å²) in [6.45, 7) is 5.82. The van der Waals surface area contributed by atoms with E-state index in [0.29, 0.717) is 11.6 Å². The summed E-state index contributed by atoms with van der Waals surface area (Å²) < 4.78 is 0. The van der Waals surface area contributed by atoms with Gasteiger partial charge in [-0.05, 0) is 50.3 Å². The van der Waals surface area contributed by atoms with Crippen molar-refractivity contribution in [2.24, 2.45) is 0 Å². The topological polar surface area (TPSA) is 66.3 Å². The molecule has 0 atom stereocenters. The van der Waals surface area contributed by atoms with Crippen molar-refractivity contribution in [3.63, 3.8) is 0 Å². The number of aromatic carboxylic acids is 1. The van der Waals surface area contributed by atoms with Crippen LogP contribution in [0.2, 0.25) is 0 Å². The zero-order valence-electron chi connectivity index (χ0n) is 13.5. The van der Waals surface area contributed by atoms with E-state index in [1.807, 2.05) is 18.2 Å². The second-order valence-corrected chi connectivity index (χ2v) is 6.08. The predicted molar refractivity (Wildman–Crippen MR) is 90.0 cm³/mol. The van der Waals surface area contributed by atoms with Gasteiger partial charge in [-0.1, -0.05) is 12.1 Å². The molecule has 0 radical (unpaired) electrons. The molecule has 3 rings (SSSR count). The largest absolute Gasteiger partial charge is 0.477 e. The quantitative estimate of drug-likeness (QED) is 0.940. The van der Waals surface area contributed by atoms with Gasteiger partial charge in [-0.25, -0.2) is 14.8 Å². The fourth-order valence-electron chi connectivity index (χ4n) is 2.89. The second kappa shape index (κ2) is 6.36. The van der Waals surface area contributed by atoms with Crippen LogP contribution in [-0.2, 0) is 0 Å². The van der Waals surface area contributed by atoms with Gasteiger partial charge in [-0.3, -0.25) is 0 Å². The highest BCUT2D eigenvalue weighted by atomic mass is 16.4. The summed E-state index contributed by atoms with van der Waals surface area (Å²) in [7, 11) is 0. The lowest BCUT2D eigenvalue weighted by Gasteiger charge is -2.28. The Morgan fingerprint density at radius 3 is 2.52 bits per heavy atom. The van der Waals surface area contributed by atoms with Gasteiger partial charge >= 0.3 is 5.97 Å². The van der Waals surface area contributed by atoms with Crippen molar-refractivity contribution in [1.82, 2.24) is 9.97 Å².